The van der Waals surface area contributed by atoms with Crippen LogP contribution in [0.25, 0.3) is 0 Å². The molecule has 2 nitrogen and oxygen atoms in total. The van der Waals surface area contributed by atoms with Crippen molar-refractivity contribution in [1.82, 2.24) is 0 Å². The van der Waals surface area contributed by atoms with Crippen LogP contribution in [-0.4, -0.2) is 5.11 Å². The van der Waals surface area contributed by atoms with Gasteiger partial charge in [0.05, 0.1) is 16.4 Å². The molecule has 1 aromatic heterocycles. The summed E-state index contributed by atoms with van der Waals surface area (Å²) >= 11 is 9.46. The van der Waals surface area contributed by atoms with Crippen LogP contribution in [0.5, 0.6) is 5.75 Å². The van der Waals surface area contributed by atoms with E-state index in [1.807, 2.05) is 30.3 Å². The molecule has 1 aliphatic rings. The number of nitrogens with zero attached hydrogens (tertiary/aromatic N) is 1. The van der Waals surface area contributed by atoms with Crippen LogP contribution < -0.4 is 4.90 Å². The average molecular weight is 386 g/mol. The first-order chi connectivity index (χ1) is 12.2. The zero-order valence-corrected chi connectivity index (χ0v) is 15.7. The Balaban J connectivity index is 1.51. The van der Waals surface area contributed by atoms with Gasteiger partial charge in [0, 0.05) is 21.0 Å². The Bertz CT molecular complexity index is 918. The molecule has 0 saturated carbocycles. The summed E-state index contributed by atoms with van der Waals surface area (Å²) in [5.74, 6) is 0.342. The minimum atomic E-state index is 0.342. The van der Waals surface area contributed by atoms with Crippen LogP contribution in [0.2, 0.25) is 5.02 Å². The molecule has 0 atom stereocenters. The van der Waals surface area contributed by atoms with E-state index < -0.39 is 0 Å². The number of para-hydroxylation sites is 1. The summed E-state index contributed by atoms with van der Waals surface area (Å²) in [5.41, 5.74) is 2.08. The van der Waals surface area contributed by atoms with Crippen LogP contribution >= 0.6 is 34.7 Å². The minimum Gasteiger partial charge on any atom is -0.506 e. The topological polar surface area (TPSA) is 23.5 Å². The number of fused-ring (bicyclic) bond motifs is 1. The molecular weight excluding hydrogens is 370 g/mol. The first kappa shape index (κ1) is 16.6. The van der Waals surface area contributed by atoms with Crippen molar-refractivity contribution < 1.29 is 5.11 Å². The second kappa shape index (κ2) is 7.16. The lowest BCUT2D eigenvalue weighted by molar-refractivity contribution is 0.474. The molecule has 126 valence electrons. The number of benzene rings is 2. The van der Waals surface area contributed by atoms with Gasteiger partial charge in [-0.1, -0.05) is 41.6 Å². The highest BCUT2D eigenvalue weighted by Gasteiger charge is 2.17. The number of hydrogen-bond acceptors (Lipinski definition) is 4. The number of hydrogen-bond donors (Lipinski definition) is 1. The van der Waals surface area contributed by atoms with Crippen molar-refractivity contribution in [3.05, 3.63) is 82.3 Å². The van der Waals surface area contributed by atoms with Crippen LogP contribution in [-0.2, 0) is 13.0 Å². The van der Waals surface area contributed by atoms with E-state index in [-0.39, 0.29) is 0 Å². The molecule has 0 aliphatic carbocycles. The summed E-state index contributed by atoms with van der Waals surface area (Å²) in [4.78, 5) is 4.56. The lowest BCUT2D eigenvalue weighted by Crippen LogP contribution is -2.19. The van der Waals surface area contributed by atoms with Gasteiger partial charge in [-0.05, 0) is 54.4 Å². The first-order valence-corrected chi connectivity index (χ1v) is 9.96. The summed E-state index contributed by atoms with van der Waals surface area (Å²) in [7, 11) is 0. The van der Waals surface area contributed by atoms with Crippen molar-refractivity contribution in [2.24, 2.45) is 0 Å². The van der Waals surface area contributed by atoms with E-state index in [9.17, 15) is 5.11 Å². The SMILES string of the molecule is Oc1cccc2c1N(Cc1ccc(Sc3ccc(Cl)cc3)s1)C=CC2. The van der Waals surface area contributed by atoms with Crippen molar-refractivity contribution in [2.75, 3.05) is 4.90 Å². The predicted molar refractivity (Wildman–Crippen MR) is 107 cm³/mol. The lowest BCUT2D eigenvalue weighted by atomic mass is 10.0. The molecule has 0 saturated heterocycles. The summed E-state index contributed by atoms with van der Waals surface area (Å²) in [6.45, 7) is 0.757. The molecule has 0 bridgehead atoms. The molecule has 0 unspecified atom stereocenters. The van der Waals surface area contributed by atoms with Gasteiger partial charge >= 0.3 is 0 Å². The van der Waals surface area contributed by atoms with Gasteiger partial charge in [-0.25, -0.2) is 0 Å². The molecule has 25 heavy (non-hydrogen) atoms. The summed E-state index contributed by atoms with van der Waals surface area (Å²) < 4.78 is 1.25. The third-order valence-corrected chi connectivity index (χ3v) is 6.47. The summed E-state index contributed by atoms with van der Waals surface area (Å²) in [6, 6.07) is 17.9. The second-order valence-corrected chi connectivity index (χ2v) is 8.76. The van der Waals surface area contributed by atoms with Crippen molar-refractivity contribution in [3.8, 4) is 5.75 Å². The second-order valence-electron chi connectivity index (χ2n) is 5.78. The maximum Gasteiger partial charge on any atom is 0.139 e. The van der Waals surface area contributed by atoms with Crippen LogP contribution in [0, 0.1) is 0 Å². The van der Waals surface area contributed by atoms with E-state index in [0.717, 1.165) is 29.2 Å². The molecule has 0 spiro atoms. The Kier molecular flexibility index (Phi) is 4.75. The average Bonchev–Trinajstić information content (AvgIpc) is 3.04. The third-order valence-electron chi connectivity index (χ3n) is 4.00. The fraction of sp³-hybridized carbons (Fsp3) is 0.100. The normalized spacial score (nSPS) is 13.1. The molecule has 2 heterocycles. The van der Waals surface area contributed by atoms with E-state index in [2.05, 4.69) is 35.4 Å². The largest absolute Gasteiger partial charge is 0.506 e. The molecule has 0 fully saturated rings. The molecule has 3 aromatic rings. The molecule has 2 aromatic carbocycles. The Labute approximate surface area is 160 Å². The van der Waals surface area contributed by atoms with Gasteiger partial charge in [-0.2, -0.15) is 0 Å². The molecular formula is C20H16ClNOS2. The monoisotopic (exact) mass is 385 g/mol. The maximum atomic E-state index is 10.2. The Morgan fingerprint density at radius 1 is 1.08 bits per heavy atom. The van der Waals surface area contributed by atoms with Gasteiger partial charge < -0.3 is 10.0 Å². The first-order valence-electron chi connectivity index (χ1n) is 7.95. The number of phenolic OH excluding ortho intramolecular Hbond substituents is 1. The van der Waals surface area contributed by atoms with Gasteiger partial charge in [0.2, 0.25) is 0 Å². The van der Waals surface area contributed by atoms with Crippen molar-refractivity contribution in [1.29, 1.82) is 0 Å². The van der Waals surface area contributed by atoms with Crippen LogP contribution in [0.3, 0.4) is 0 Å². The molecule has 1 N–H and O–H groups in total. The van der Waals surface area contributed by atoms with Gasteiger partial charge in [0.1, 0.15) is 5.75 Å². The smallest absolute Gasteiger partial charge is 0.139 e. The van der Waals surface area contributed by atoms with Crippen LogP contribution in [0.15, 0.2) is 76.0 Å². The van der Waals surface area contributed by atoms with Gasteiger partial charge in [0.25, 0.3) is 0 Å². The summed E-state index contributed by atoms with van der Waals surface area (Å²) in [6.07, 6.45) is 5.06. The Morgan fingerprint density at radius 2 is 1.92 bits per heavy atom. The van der Waals surface area contributed by atoms with E-state index in [1.54, 1.807) is 29.2 Å². The van der Waals surface area contributed by atoms with E-state index in [4.69, 9.17) is 11.6 Å². The molecule has 0 amide bonds. The number of phenols is 1. The lowest BCUT2D eigenvalue weighted by Gasteiger charge is -2.26. The van der Waals surface area contributed by atoms with E-state index in [0.29, 0.717) is 5.75 Å². The van der Waals surface area contributed by atoms with E-state index in [1.165, 1.54) is 14.0 Å². The predicted octanol–water partition coefficient (Wildman–Crippen LogP) is 6.33. The van der Waals surface area contributed by atoms with Crippen LogP contribution in [0.4, 0.5) is 5.69 Å². The van der Waals surface area contributed by atoms with Crippen molar-refractivity contribution in [3.63, 3.8) is 0 Å². The summed E-state index contributed by atoms with van der Waals surface area (Å²) in [5, 5.41) is 11.0. The van der Waals surface area contributed by atoms with Gasteiger partial charge in [-0.15, -0.1) is 11.3 Å². The number of allylic oxidation sites excluding steroid dienone is 1. The highest BCUT2D eigenvalue weighted by atomic mass is 35.5. The zero-order chi connectivity index (χ0) is 17.2. The third kappa shape index (κ3) is 3.71. The van der Waals surface area contributed by atoms with Crippen LogP contribution in [0.1, 0.15) is 10.4 Å². The number of halogens is 1. The van der Waals surface area contributed by atoms with E-state index >= 15 is 0 Å². The molecule has 1 aliphatic heterocycles. The quantitative estimate of drug-likeness (QED) is 0.567. The standard InChI is InChI=1S/C20H16ClNOS2/c21-15-6-8-16(9-7-15)24-19-11-10-17(25-19)13-22-12-2-4-14-3-1-5-18(23)20(14)22/h1-3,5-12,23H,4,13H2. The maximum absolute atomic E-state index is 10.2. The van der Waals surface area contributed by atoms with Crippen molar-refractivity contribution in [2.45, 2.75) is 22.1 Å². The fourth-order valence-corrected chi connectivity index (χ4v) is 5.15. The number of anilines is 1. The Hall–Kier alpha value is -1.88. The molecule has 5 heteroatoms. The highest BCUT2D eigenvalue weighted by molar-refractivity contribution is 8.01. The number of aromatic hydroxyl groups is 1. The van der Waals surface area contributed by atoms with Gasteiger partial charge in [-0.3, -0.25) is 0 Å². The minimum absolute atomic E-state index is 0.342. The fourth-order valence-electron chi connectivity index (χ4n) is 2.87. The molecule has 0 radical (unpaired) electrons. The highest BCUT2D eigenvalue weighted by Crippen LogP contribution is 2.38. The number of thiophene rings is 1. The number of rotatable bonds is 4. The van der Waals surface area contributed by atoms with Crippen molar-refractivity contribution >= 4 is 40.4 Å². The van der Waals surface area contributed by atoms with Gasteiger partial charge in [0.15, 0.2) is 0 Å². The Morgan fingerprint density at radius 3 is 2.76 bits per heavy atom. The molecule has 4 rings (SSSR count). The zero-order valence-electron chi connectivity index (χ0n) is 13.4.